The fourth-order valence-electron chi connectivity index (χ4n) is 2.20. The van der Waals surface area contributed by atoms with Crippen molar-refractivity contribution in [1.82, 2.24) is 9.97 Å². The molecule has 2 rings (SSSR count). The van der Waals surface area contributed by atoms with Crippen LogP contribution in [0.3, 0.4) is 0 Å². The molecule has 0 unspecified atom stereocenters. The van der Waals surface area contributed by atoms with E-state index in [1.165, 1.54) is 0 Å². The van der Waals surface area contributed by atoms with E-state index in [4.69, 9.17) is 0 Å². The number of aryl methyl sites for hydroxylation is 2. The van der Waals surface area contributed by atoms with E-state index in [-0.39, 0.29) is 5.69 Å². The Morgan fingerprint density at radius 1 is 1.26 bits per heavy atom. The second-order valence-electron chi connectivity index (χ2n) is 4.72. The number of hydrogen-bond acceptors (Lipinski definition) is 3. The van der Waals surface area contributed by atoms with Gasteiger partial charge in [0.25, 0.3) is 0 Å². The van der Waals surface area contributed by atoms with Crippen molar-refractivity contribution in [3.63, 3.8) is 0 Å². The standard InChI is InChI=1S/C15H18N2O2/c1-3-4-5-9-12-16-11-8-6-7-10(2)13(11)14(17-12)15(18)19/h6-8H,3-5,9H2,1-2H3,(H,18,19). The van der Waals surface area contributed by atoms with Crippen molar-refractivity contribution >= 4 is 16.9 Å². The Hall–Kier alpha value is -1.97. The molecule has 0 saturated heterocycles. The van der Waals surface area contributed by atoms with Gasteiger partial charge in [-0.25, -0.2) is 14.8 Å². The molecule has 0 aliphatic carbocycles. The highest BCUT2D eigenvalue weighted by Crippen LogP contribution is 2.20. The molecule has 0 saturated carbocycles. The first-order valence-electron chi connectivity index (χ1n) is 6.63. The van der Waals surface area contributed by atoms with Crippen molar-refractivity contribution in [2.45, 2.75) is 39.5 Å². The molecule has 4 heteroatoms. The van der Waals surface area contributed by atoms with E-state index in [0.717, 1.165) is 36.8 Å². The zero-order chi connectivity index (χ0) is 13.8. The van der Waals surface area contributed by atoms with Crippen molar-refractivity contribution < 1.29 is 9.90 Å². The average molecular weight is 258 g/mol. The van der Waals surface area contributed by atoms with Gasteiger partial charge in [0.1, 0.15) is 5.82 Å². The van der Waals surface area contributed by atoms with Crippen LogP contribution >= 0.6 is 0 Å². The number of rotatable bonds is 5. The fourth-order valence-corrected chi connectivity index (χ4v) is 2.20. The molecule has 0 fully saturated rings. The van der Waals surface area contributed by atoms with Gasteiger partial charge in [-0.1, -0.05) is 31.9 Å². The third-order valence-corrected chi connectivity index (χ3v) is 3.18. The Bertz CT molecular complexity index is 608. The molecule has 1 aromatic heterocycles. The Morgan fingerprint density at radius 3 is 2.74 bits per heavy atom. The summed E-state index contributed by atoms with van der Waals surface area (Å²) in [5.74, 6) is -0.359. The van der Waals surface area contributed by atoms with Gasteiger partial charge in [0, 0.05) is 11.8 Å². The molecule has 1 N–H and O–H groups in total. The van der Waals surface area contributed by atoms with Crippen molar-refractivity contribution in [2.24, 2.45) is 0 Å². The number of aromatic carboxylic acids is 1. The predicted octanol–water partition coefficient (Wildman–Crippen LogP) is 3.37. The molecule has 0 spiro atoms. The Morgan fingerprint density at radius 2 is 2.05 bits per heavy atom. The number of hydrogen-bond donors (Lipinski definition) is 1. The number of carbonyl (C=O) groups is 1. The summed E-state index contributed by atoms with van der Waals surface area (Å²) >= 11 is 0. The normalized spacial score (nSPS) is 10.8. The van der Waals surface area contributed by atoms with Crippen LogP contribution in [0.15, 0.2) is 18.2 Å². The lowest BCUT2D eigenvalue weighted by molar-refractivity contribution is 0.0692. The van der Waals surface area contributed by atoms with Gasteiger partial charge in [-0.05, 0) is 25.0 Å². The SMILES string of the molecule is CCCCCc1nc(C(=O)O)c2c(C)cccc2n1. The second-order valence-corrected chi connectivity index (χ2v) is 4.72. The zero-order valence-electron chi connectivity index (χ0n) is 11.3. The molecule has 4 nitrogen and oxygen atoms in total. The van der Waals surface area contributed by atoms with Gasteiger partial charge in [-0.2, -0.15) is 0 Å². The van der Waals surface area contributed by atoms with Crippen molar-refractivity contribution in [3.8, 4) is 0 Å². The van der Waals surface area contributed by atoms with Crippen molar-refractivity contribution in [2.75, 3.05) is 0 Å². The minimum atomic E-state index is -0.988. The van der Waals surface area contributed by atoms with Crippen LogP contribution < -0.4 is 0 Å². The molecule has 19 heavy (non-hydrogen) atoms. The highest BCUT2D eigenvalue weighted by atomic mass is 16.4. The molecule has 100 valence electrons. The molecule has 0 aliphatic rings. The Labute approximate surface area is 112 Å². The Balaban J connectivity index is 2.49. The summed E-state index contributed by atoms with van der Waals surface area (Å²) in [6.07, 6.45) is 3.96. The first kappa shape index (κ1) is 13.5. The summed E-state index contributed by atoms with van der Waals surface area (Å²) < 4.78 is 0. The van der Waals surface area contributed by atoms with Gasteiger partial charge in [-0.15, -0.1) is 0 Å². The van der Waals surface area contributed by atoms with Gasteiger partial charge in [0.15, 0.2) is 5.69 Å². The van der Waals surface area contributed by atoms with E-state index >= 15 is 0 Å². The van der Waals surface area contributed by atoms with Gasteiger partial charge in [-0.3, -0.25) is 0 Å². The van der Waals surface area contributed by atoms with Gasteiger partial charge < -0.3 is 5.11 Å². The van der Waals surface area contributed by atoms with E-state index in [2.05, 4.69) is 16.9 Å². The van der Waals surface area contributed by atoms with Crippen LogP contribution in [-0.2, 0) is 6.42 Å². The number of nitrogens with zero attached hydrogens (tertiary/aromatic N) is 2. The highest BCUT2D eigenvalue weighted by Gasteiger charge is 2.15. The number of carboxylic acids is 1. The largest absolute Gasteiger partial charge is 0.476 e. The topological polar surface area (TPSA) is 63.1 Å². The molecular formula is C15H18N2O2. The number of unbranched alkanes of at least 4 members (excludes halogenated alkanes) is 2. The van der Waals surface area contributed by atoms with E-state index in [9.17, 15) is 9.90 Å². The molecule has 2 aromatic rings. The molecule has 0 amide bonds. The van der Waals surface area contributed by atoms with E-state index in [0.29, 0.717) is 11.2 Å². The van der Waals surface area contributed by atoms with Crippen LogP contribution in [-0.4, -0.2) is 21.0 Å². The van der Waals surface area contributed by atoms with E-state index < -0.39 is 5.97 Å². The summed E-state index contributed by atoms with van der Waals surface area (Å²) in [6, 6.07) is 5.63. The number of aromatic nitrogens is 2. The van der Waals surface area contributed by atoms with Crippen LogP contribution in [0.5, 0.6) is 0 Å². The van der Waals surface area contributed by atoms with Crippen LogP contribution in [0.25, 0.3) is 10.9 Å². The van der Waals surface area contributed by atoms with Crippen LogP contribution in [0.1, 0.15) is 48.1 Å². The zero-order valence-corrected chi connectivity index (χ0v) is 11.3. The number of benzene rings is 1. The van der Waals surface area contributed by atoms with Gasteiger partial charge in [0.2, 0.25) is 0 Å². The minimum Gasteiger partial charge on any atom is -0.476 e. The van der Waals surface area contributed by atoms with Crippen LogP contribution in [0.4, 0.5) is 0 Å². The lowest BCUT2D eigenvalue weighted by Crippen LogP contribution is -2.08. The molecule has 1 heterocycles. The third kappa shape index (κ3) is 2.89. The fraction of sp³-hybridized carbons (Fsp3) is 0.400. The molecule has 1 aromatic carbocycles. The molecule has 0 aliphatic heterocycles. The summed E-state index contributed by atoms with van der Waals surface area (Å²) in [7, 11) is 0. The average Bonchev–Trinajstić information content (AvgIpc) is 2.38. The highest BCUT2D eigenvalue weighted by molar-refractivity contribution is 6.01. The summed E-state index contributed by atoms with van der Waals surface area (Å²) in [6.45, 7) is 4.02. The van der Waals surface area contributed by atoms with Crippen LogP contribution in [0, 0.1) is 6.92 Å². The van der Waals surface area contributed by atoms with Gasteiger partial charge >= 0.3 is 5.97 Å². The first-order chi connectivity index (χ1) is 9.13. The maximum atomic E-state index is 11.4. The number of fused-ring (bicyclic) bond motifs is 1. The minimum absolute atomic E-state index is 0.120. The van der Waals surface area contributed by atoms with Crippen molar-refractivity contribution in [1.29, 1.82) is 0 Å². The molecule has 0 atom stereocenters. The smallest absolute Gasteiger partial charge is 0.355 e. The summed E-state index contributed by atoms with van der Waals surface area (Å²) in [5.41, 5.74) is 1.74. The quantitative estimate of drug-likeness (QED) is 0.835. The maximum Gasteiger partial charge on any atom is 0.355 e. The van der Waals surface area contributed by atoms with Gasteiger partial charge in [0.05, 0.1) is 5.52 Å². The van der Waals surface area contributed by atoms with E-state index in [1.54, 1.807) is 0 Å². The monoisotopic (exact) mass is 258 g/mol. The lowest BCUT2D eigenvalue weighted by Gasteiger charge is -2.07. The second kappa shape index (κ2) is 5.78. The lowest BCUT2D eigenvalue weighted by atomic mass is 10.1. The maximum absolute atomic E-state index is 11.4. The molecular weight excluding hydrogens is 240 g/mol. The molecule has 0 bridgehead atoms. The summed E-state index contributed by atoms with van der Waals surface area (Å²) in [5, 5.41) is 9.96. The summed E-state index contributed by atoms with van der Waals surface area (Å²) in [4.78, 5) is 20.1. The molecule has 0 radical (unpaired) electrons. The first-order valence-corrected chi connectivity index (χ1v) is 6.63. The van der Waals surface area contributed by atoms with E-state index in [1.807, 2.05) is 25.1 Å². The predicted molar refractivity (Wildman–Crippen MR) is 74.5 cm³/mol. The number of carboxylic acid groups (broad SMARTS) is 1. The third-order valence-electron chi connectivity index (χ3n) is 3.18. The Kier molecular flexibility index (Phi) is 4.10. The van der Waals surface area contributed by atoms with Crippen molar-refractivity contribution in [3.05, 3.63) is 35.3 Å². The van der Waals surface area contributed by atoms with Crippen LogP contribution in [0.2, 0.25) is 0 Å².